The number of alkyl halides is 1. The van der Waals surface area contributed by atoms with Crippen molar-refractivity contribution in [1.82, 2.24) is 0 Å². The molecule has 0 bridgehead atoms. The van der Waals surface area contributed by atoms with Crippen LogP contribution in [0.5, 0.6) is 0 Å². The molecule has 3 heteroatoms. The van der Waals surface area contributed by atoms with Crippen molar-refractivity contribution < 1.29 is 5.11 Å². The smallest absolute Gasteiger partial charge is 0.163 e. The molecule has 0 saturated heterocycles. The summed E-state index contributed by atoms with van der Waals surface area (Å²) >= 11 is 2.51. The van der Waals surface area contributed by atoms with Crippen molar-refractivity contribution in [3.8, 4) is 0 Å². The van der Waals surface area contributed by atoms with Gasteiger partial charge in [0.25, 0.3) is 0 Å². The molecule has 0 unspecified atom stereocenters. The maximum absolute atomic E-state index is 11.5. The Bertz CT molecular complexity index is 927. The molecule has 0 aliphatic carbocycles. The van der Waals surface area contributed by atoms with E-state index in [0.717, 1.165) is 5.56 Å². The number of hydrogen-bond donors (Lipinski definition) is 1. The lowest BCUT2D eigenvalue weighted by molar-refractivity contribution is 0.196. The second-order valence-corrected chi connectivity index (χ2v) is 13.7. The SMILES string of the molecule is O[C@@H](c1ccccc1)[C@@H](I)[Si](c1ccccc1)(c1ccccc1)c1ccccc1. The molecule has 1 N–H and O–H groups in total. The summed E-state index contributed by atoms with van der Waals surface area (Å²) in [5.74, 6) is 0. The van der Waals surface area contributed by atoms with Gasteiger partial charge in [0.15, 0.2) is 8.07 Å². The summed E-state index contributed by atoms with van der Waals surface area (Å²) in [4.78, 5) is 0. The lowest BCUT2D eigenvalue weighted by atomic mass is 10.1. The van der Waals surface area contributed by atoms with E-state index in [4.69, 9.17) is 0 Å². The summed E-state index contributed by atoms with van der Waals surface area (Å²) in [5, 5.41) is 15.5. The highest BCUT2D eigenvalue weighted by Gasteiger charge is 2.48. The Morgan fingerprint density at radius 2 is 0.828 bits per heavy atom. The maximum atomic E-state index is 11.5. The van der Waals surface area contributed by atoms with Gasteiger partial charge in [-0.3, -0.25) is 0 Å². The van der Waals surface area contributed by atoms with Gasteiger partial charge in [0.2, 0.25) is 0 Å². The van der Waals surface area contributed by atoms with E-state index in [0.29, 0.717) is 0 Å². The first kappa shape index (κ1) is 20.1. The minimum Gasteiger partial charge on any atom is -0.388 e. The number of rotatable bonds is 6. The van der Waals surface area contributed by atoms with E-state index in [-0.39, 0.29) is 3.55 Å². The predicted molar refractivity (Wildman–Crippen MR) is 133 cm³/mol. The van der Waals surface area contributed by atoms with Crippen molar-refractivity contribution in [2.75, 3.05) is 0 Å². The zero-order valence-corrected chi connectivity index (χ0v) is 19.2. The zero-order valence-electron chi connectivity index (χ0n) is 16.0. The lowest BCUT2D eigenvalue weighted by Crippen LogP contribution is -2.73. The van der Waals surface area contributed by atoms with E-state index in [1.807, 2.05) is 30.3 Å². The Kier molecular flexibility index (Phi) is 6.28. The highest BCUT2D eigenvalue weighted by Crippen LogP contribution is 2.30. The monoisotopic (exact) mass is 506 g/mol. The van der Waals surface area contributed by atoms with Crippen LogP contribution < -0.4 is 15.6 Å². The summed E-state index contributed by atoms with van der Waals surface area (Å²) < 4.78 is 0.00898. The molecule has 4 rings (SSSR count). The molecular formula is C26H23IOSi. The molecule has 144 valence electrons. The first-order chi connectivity index (χ1) is 14.2. The van der Waals surface area contributed by atoms with Gasteiger partial charge in [0, 0.05) is 3.55 Å². The fourth-order valence-corrected chi connectivity index (χ4v) is 12.6. The Labute approximate surface area is 187 Å². The minimum atomic E-state index is -2.54. The maximum Gasteiger partial charge on any atom is 0.163 e. The fraction of sp³-hybridized carbons (Fsp3) is 0.0769. The summed E-state index contributed by atoms with van der Waals surface area (Å²) in [5.41, 5.74) is 0.964. The van der Waals surface area contributed by atoms with E-state index in [1.54, 1.807) is 0 Å². The van der Waals surface area contributed by atoms with Crippen LogP contribution in [-0.2, 0) is 0 Å². The first-order valence-electron chi connectivity index (χ1n) is 9.78. The van der Waals surface area contributed by atoms with Gasteiger partial charge in [-0.05, 0) is 21.1 Å². The van der Waals surface area contributed by atoms with E-state index in [9.17, 15) is 5.11 Å². The topological polar surface area (TPSA) is 20.2 Å². The highest BCUT2D eigenvalue weighted by molar-refractivity contribution is 14.1. The third-order valence-electron chi connectivity index (χ3n) is 5.52. The zero-order chi connectivity index (χ0) is 20.1. The van der Waals surface area contributed by atoms with Crippen molar-refractivity contribution in [2.45, 2.75) is 9.65 Å². The molecule has 0 fully saturated rings. The van der Waals surface area contributed by atoms with E-state index >= 15 is 0 Å². The van der Waals surface area contributed by atoms with Crippen molar-refractivity contribution in [3.05, 3.63) is 127 Å². The van der Waals surface area contributed by atoms with Crippen LogP contribution in [0, 0.1) is 0 Å². The molecule has 4 aromatic rings. The standard InChI is InChI=1S/C26H23IOSi/c27-26(25(28)21-13-5-1-6-14-21)29(22-15-7-2-8-16-22,23-17-9-3-10-18-23)24-19-11-4-12-20-24/h1-20,25-26,28H/t25-,26-/m0/s1. The second kappa shape index (κ2) is 9.07. The summed E-state index contributed by atoms with van der Waals surface area (Å²) in [6.07, 6.45) is -0.566. The molecular weight excluding hydrogens is 483 g/mol. The summed E-state index contributed by atoms with van der Waals surface area (Å²) in [6.45, 7) is 0. The fourth-order valence-electron chi connectivity index (χ4n) is 4.14. The molecule has 0 aromatic heterocycles. The van der Waals surface area contributed by atoms with Crippen LogP contribution in [-0.4, -0.2) is 16.7 Å². The summed E-state index contributed by atoms with van der Waals surface area (Å²) in [6, 6.07) is 42.3. The average molecular weight is 506 g/mol. The number of aliphatic hydroxyl groups is 1. The number of benzene rings is 4. The quantitative estimate of drug-likeness (QED) is 0.180. The van der Waals surface area contributed by atoms with Gasteiger partial charge in [-0.15, -0.1) is 0 Å². The van der Waals surface area contributed by atoms with Crippen LogP contribution in [0.15, 0.2) is 121 Å². The van der Waals surface area contributed by atoms with Crippen molar-refractivity contribution in [2.24, 2.45) is 0 Å². The molecule has 0 saturated carbocycles. The van der Waals surface area contributed by atoms with E-state index < -0.39 is 14.2 Å². The molecule has 0 aliphatic heterocycles. The number of hydrogen-bond acceptors (Lipinski definition) is 1. The van der Waals surface area contributed by atoms with Gasteiger partial charge in [-0.25, -0.2) is 0 Å². The molecule has 2 atom stereocenters. The van der Waals surface area contributed by atoms with Crippen LogP contribution in [0.25, 0.3) is 0 Å². The predicted octanol–water partition coefficient (Wildman–Crippen LogP) is 4.23. The Balaban J connectivity index is 2.00. The highest BCUT2D eigenvalue weighted by atomic mass is 127. The minimum absolute atomic E-state index is 0.00898. The molecule has 0 amide bonds. The Morgan fingerprint density at radius 3 is 1.17 bits per heavy atom. The van der Waals surface area contributed by atoms with Gasteiger partial charge < -0.3 is 5.11 Å². The molecule has 4 aromatic carbocycles. The van der Waals surface area contributed by atoms with Crippen molar-refractivity contribution in [3.63, 3.8) is 0 Å². The van der Waals surface area contributed by atoms with E-state index in [1.165, 1.54) is 15.6 Å². The van der Waals surface area contributed by atoms with Crippen LogP contribution >= 0.6 is 22.6 Å². The molecule has 1 nitrogen and oxygen atoms in total. The molecule has 29 heavy (non-hydrogen) atoms. The third-order valence-corrected chi connectivity index (χ3v) is 13.9. The third kappa shape index (κ3) is 3.82. The van der Waals surface area contributed by atoms with Crippen LogP contribution in [0.3, 0.4) is 0 Å². The van der Waals surface area contributed by atoms with Crippen LogP contribution in [0.4, 0.5) is 0 Å². The van der Waals surface area contributed by atoms with Gasteiger partial charge in [0.05, 0.1) is 6.10 Å². The van der Waals surface area contributed by atoms with Gasteiger partial charge in [0.1, 0.15) is 0 Å². The van der Waals surface area contributed by atoms with Gasteiger partial charge >= 0.3 is 0 Å². The molecule has 0 spiro atoms. The van der Waals surface area contributed by atoms with Crippen LogP contribution in [0.2, 0.25) is 0 Å². The van der Waals surface area contributed by atoms with E-state index in [2.05, 4.69) is 114 Å². The average Bonchev–Trinajstić information content (AvgIpc) is 2.82. The molecule has 0 heterocycles. The van der Waals surface area contributed by atoms with Gasteiger partial charge in [-0.2, -0.15) is 0 Å². The first-order valence-corrected chi connectivity index (χ1v) is 13.1. The second-order valence-electron chi connectivity index (χ2n) is 7.16. The number of aliphatic hydroxyl groups excluding tert-OH is 1. The van der Waals surface area contributed by atoms with Crippen molar-refractivity contribution in [1.29, 1.82) is 0 Å². The van der Waals surface area contributed by atoms with Crippen LogP contribution in [0.1, 0.15) is 11.7 Å². The number of halogens is 1. The largest absolute Gasteiger partial charge is 0.388 e. The Hall–Kier alpha value is -2.21. The van der Waals surface area contributed by atoms with Crippen molar-refractivity contribution >= 4 is 46.2 Å². The summed E-state index contributed by atoms with van der Waals surface area (Å²) in [7, 11) is -2.54. The molecule has 0 aliphatic rings. The molecule has 0 radical (unpaired) electrons. The Morgan fingerprint density at radius 1 is 0.517 bits per heavy atom. The van der Waals surface area contributed by atoms with Gasteiger partial charge in [-0.1, -0.05) is 144 Å². The lowest BCUT2D eigenvalue weighted by Gasteiger charge is -2.40. The normalized spacial score (nSPS) is 13.6.